The summed E-state index contributed by atoms with van der Waals surface area (Å²) in [6.07, 6.45) is -0.494. The number of para-hydroxylation sites is 1. The van der Waals surface area contributed by atoms with Crippen molar-refractivity contribution >= 4 is 12.0 Å². The standard InChI is InChI=1S/C10H7FN2O4/c11-6-3-1-2-5-4-7(13(15)16)9(10(12)14)17-8(5)6/h1-4,9H,(H2,12,14). The summed E-state index contributed by atoms with van der Waals surface area (Å²) < 4.78 is 18.3. The number of hydrogen-bond acceptors (Lipinski definition) is 4. The van der Waals surface area contributed by atoms with Gasteiger partial charge in [0.2, 0.25) is 0 Å². The van der Waals surface area contributed by atoms with Crippen LogP contribution in [0.3, 0.4) is 0 Å². The highest BCUT2D eigenvalue weighted by Crippen LogP contribution is 2.32. The Morgan fingerprint density at radius 1 is 1.53 bits per heavy atom. The van der Waals surface area contributed by atoms with Gasteiger partial charge in [-0.05, 0) is 6.07 Å². The fraction of sp³-hybridized carbons (Fsp3) is 0.100. The number of ether oxygens (including phenoxy) is 1. The van der Waals surface area contributed by atoms with E-state index in [0.29, 0.717) is 0 Å². The lowest BCUT2D eigenvalue weighted by Gasteiger charge is -2.20. The minimum atomic E-state index is -1.57. The largest absolute Gasteiger partial charge is 0.465 e. The highest BCUT2D eigenvalue weighted by atomic mass is 19.1. The summed E-state index contributed by atoms with van der Waals surface area (Å²) in [5.74, 6) is -1.95. The molecule has 0 bridgehead atoms. The normalized spacial score (nSPS) is 17.7. The maximum atomic E-state index is 13.4. The van der Waals surface area contributed by atoms with E-state index in [4.69, 9.17) is 10.5 Å². The molecule has 1 aliphatic rings. The van der Waals surface area contributed by atoms with Gasteiger partial charge >= 0.3 is 0 Å². The number of nitro groups is 1. The molecule has 6 nitrogen and oxygen atoms in total. The Bertz CT molecular complexity index is 541. The Morgan fingerprint density at radius 3 is 2.82 bits per heavy atom. The third-order valence-corrected chi connectivity index (χ3v) is 2.27. The van der Waals surface area contributed by atoms with E-state index in [1.807, 2.05) is 0 Å². The van der Waals surface area contributed by atoms with Gasteiger partial charge in [-0.3, -0.25) is 14.9 Å². The fourth-order valence-corrected chi connectivity index (χ4v) is 1.53. The number of fused-ring (bicyclic) bond motifs is 1. The van der Waals surface area contributed by atoms with Gasteiger partial charge in [-0.25, -0.2) is 4.39 Å². The first-order chi connectivity index (χ1) is 8.00. The van der Waals surface area contributed by atoms with Crippen LogP contribution in [0.1, 0.15) is 5.56 Å². The van der Waals surface area contributed by atoms with Crippen molar-refractivity contribution in [2.24, 2.45) is 5.73 Å². The van der Waals surface area contributed by atoms with Crippen molar-refractivity contribution in [1.29, 1.82) is 0 Å². The predicted octanol–water partition coefficient (Wildman–Crippen LogP) is 0.690. The number of benzene rings is 1. The molecule has 1 amide bonds. The highest BCUT2D eigenvalue weighted by molar-refractivity contribution is 5.85. The summed E-state index contributed by atoms with van der Waals surface area (Å²) in [4.78, 5) is 21.0. The van der Waals surface area contributed by atoms with Crippen LogP contribution in [-0.4, -0.2) is 16.9 Å². The van der Waals surface area contributed by atoms with Crippen LogP contribution >= 0.6 is 0 Å². The van der Waals surface area contributed by atoms with Crippen molar-refractivity contribution in [3.8, 4) is 5.75 Å². The quantitative estimate of drug-likeness (QED) is 0.605. The van der Waals surface area contributed by atoms with Crippen molar-refractivity contribution < 1.29 is 18.8 Å². The highest BCUT2D eigenvalue weighted by Gasteiger charge is 2.37. The molecule has 1 aromatic carbocycles. The van der Waals surface area contributed by atoms with E-state index in [1.165, 1.54) is 12.1 Å². The fourth-order valence-electron chi connectivity index (χ4n) is 1.53. The lowest BCUT2D eigenvalue weighted by atomic mass is 10.1. The van der Waals surface area contributed by atoms with E-state index in [2.05, 4.69) is 0 Å². The third kappa shape index (κ3) is 1.82. The molecular weight excluding hydrogens is 231 g/mol. The number of amides is 1. The molecule has 0 saturated carbocycles. The van der Waals surface area contributed by atoms with E-state index >= 15 is 0 Å². The molecule has 1 aliphatic heterocycles. The minimum Gasteiger partial charge on any atom is -0.465 e. The molecule has 88 valence electrons. The van der Waals surface area contributed by atoms with Crippen molar-refractivity contribution in [3.05, 3.63) is 45.4 Å². The average molecular weight is 238 g/mol. The zero-order chi connectivity index (χ0) is 12.6. The molecular formula is C10H7FN2O4. The maximum absolute atomic E-state index is 13.4. The predicted molar refractivity (Wildman–Crippen MR) is 55.0 cm³/mol. The van der Waals surface area contributed by atoms with E-state index in [1.54, 1.807) is 0 Å². The molecule has 0 fully saturated rings. The molecule has 2 rings (SSSR count). The summed E-state index contributed by atoms with van der Waals surface area (Å²) >= 11 is 0. The second kappa shape index (κ2) is 3.85. The van der Waals surface area contributed by atoms with Crippen LogP contribution in [0.5, 0.6) is 5.75 Å². The van der Waals surface area contributed by atoms with Crippen molar-refractivity contribution in [3.63, 3.8) is 0 Å². The Kier molecular flexibility index (Phi) is 2.51. The van der Waals surface area contributed by atoms with Gasteiger partial charge in [-0.2, -0.15) is 0 Å². The van der Waals surface area contributed by atoms with Gasteiger partial charge in [-0.15, -0.1) is 0 Å². The third-order valence-electron chi connectivity index (χ3n) is 2.27. The van der Waals surface area contributed by atoms with E-state index in [-0.39, 0.29) is 11.3 Å². The Balaban J connectivity index is 2.57. The van der Waals surface area contributed by atoms with E-state index in [0.717, 1.165) is 12.1 Å². The Morgan fingerprint density at radius 2 is 2.24 bits per heavy atom. The van der Waals surface area contributed by atoms with Crippen molar-refractivity contribution in [2.45, 2.75) is 6.10 Å². The van der Waals surface area contributed by atoms with Crippen LogP contribution in [0.4, 0.5) is 4.39 Å². The SMILES string of the molecule is NC(=O)C1Oc2c(F)cccc2C=C1[N+](=O)[O-]. The second-order valence-electron chi connectivity index (χ2n) is 3.38. The summed E-state index contributed by atoms with van der Waals surface area (Å²) in [6.45, 7) is 0. The van der Waals surface area contributed by atoms with Crippen LogP contribution in [0.15, 0.2) is 23.9 Å². The molecule has 7 heteroatoms. The van der Waals surface area contributed by atoms with Gasteiger partial charge in [0, 0.05) is 11.6 Å². The number of hydrogen-bond donors (Lipinski definition) is 1. The minimum absolute atomic E-state index is 0.203. The zero-order valence-electron chi connectivity index (χ0n) is 8.42. The number of carbonyl (C=O) groups is 1. The van der Waals surface area contributed by atoms with Gasteiger partial charge in [0.1, 0.15) is 0 Å². The van der Waals surface area contributed by atoms with Crippen LogP contribution in [-0.2, 0) is 4.79 Å². The molecule has 0 aromatic heterocycles. The molecule has 17 heavy (non-hydrogen) atoms. The first-order valence-electron chi connectivity index (χ1n) is 4.61. The molecule has 1 aromatic rings. The molecule has 0 saturated heterocycles. The topological polar surface area (TPSA) is 95.5 Å². The van der Waals surface area contributed by atoms with Crippen LogP contribution in [0.25, 0.3) is 6.08 Å². The summed E-state index contributed by atoms with van der Waals surface area (Å²) in [6, 6.07) is 3.96. The maximum Gasteiger partial charge on any atom is 0.296 e. The van der Waals surface area contributed by atoms with E-state index in [9.17, 15) is 19.3 Å². The number of rotatable bonds is 2. The number of nitrogens with zero attached hydrogens (tertiary/aromatic N) is 1. The Labute approximate surface area is 94.6 Å². The first-order valence-corrected chi connectivity index (χ1v) is 4.61. The molecule has 1 heterocycles. The average Bonchev–Trinajstić information content (AvgIpc) is 2.27. The van der Waals surface area contributed by atoms with Gasteiger partial charge < -0.3 is 10.5 Å². The van der Waals surface area contributed by atoms with Gasteiger partial charge in [0.05, 0.1) is 4.92 Å². The summed E-state index contributed by atoms with van der Waals surface area (Å²) in [5, 5.41) is 10.7. The lowest BCUT2D eigenvalue weighted by Crippen LogP contribution is -2.39. The zero-order valence-corrected chi connectivity index (χ0v) is 8.42. The lowest BCUT2D eigenvalue weighted by molar-refractivity contribution is -0.431. The molecule has 1 unspecified atom stereocenters. The molecule has 0 aliphatic carbocycles. The summed E-state index contributed by atoms with van der Waals surface area (Å²) in [5.41, 5.74) is 4.67. The van der Waals surface area contributed by atoms with Gasteiger partial charge in [-0.1, -0.05) is 12.1 Å². The van der Waals surface area contributed by atoms with Crippen LogP contribution in [0.2, 0.25) is 0 Å². The van der Waals surface area contributed by atoms with E-state index < -0.39 is 28.4 Å². The molecule has 1 atom stereocenters. The van der Waals surface area contributed by atoms with Crippen LogP contribution < -0.4 is 10.5 Å². The first kappa shape index (κ1) is 11.1. The summed E-state index contributed by atoms with van der Waals surface area (Å²) in [7, 11) is 0. The number of primary amides is 1. The number of carbonyl (C=O) groups excluding carboxylic acids is 1. The van der Waals surface area contributed by atoms with Crippen molar-refractivity contribution in [1.82, 2.24) is 0 Å². The van der Waals surface area contributed by atoms with Gasteiger partial charge in [0.15, 0.2) is 11.6 Å². The molecule has 2 N–H and O–H groups in total. The van der Waals surface area contributed by atoms with Crippen molar-refractivity contribution in [2.75, 3.05) is 0 Å². The second-order valence-corrected chi connectivity index (χ2v) is 3.38. The smallest absolute Gasteiger partial charge is 0.296 e. The Hall–Kier alpha value is -2.44. The van der Waals surface area contributed by atoms with Crippen LogP contribution in [0, 0.1) is 15.9 Å². The molecule has 0 radical (unpaired) electrons. The monoisotopic (exact) mass is 238 g/mol. The molecule has 0 spiro atoms. The number of halogens is 1. The number of nitrogens with two attached hydrogens (primary N) is 1. The van der Waals surface area contributed by atoms with Gasteiger partial charge in [0.25, 0.3) is 17.7 Å².